The second-order valence-electron chi connectivity index (χ2n) is 6.74. The molecule has 1 atom stereocenters. The molecule has 1 aliphatic heterocycles. The van der Waals surface area contributed by atoms with E-state index in [0.29, 0.717) is 5.69 Å². The molecule has 0 aliphatic carbocycles. The van der Waals surface area contributed by atoms with Gasteiger partial charge in [0.2, 0.25) is 0 Å². The normalized spacial score (nSPS) is 16.8. The van der Waals surface area contributed by atoms with Crippen LogP contribution >= 0.6 is 0 Å². The first kappa shape index (κ1) is 17.4. The number of carbonyl (C=O) groups is 1. The number of imidazole rings is 1. The average Bonchev–Trinajstić information content (AvgIpc) is 3.22. The number of hydrogen-bond donors (Lipinski definition) is 2. The zero-order valence-electron chi connectivity index (χ0n) is 15.0. The van der Waals surface area contributed by atoms with E-state index >= 15 is 0 Å². The van der Waals surface area contributed by atoms with Gasteiger partial charge in [0, 0.05) is 37.1 Å². The van der Waals surface area contributed by atoms with Crippen molar-refractivity contribution in [2.75, 3.05) is 13.1 Å². The van der Waals surface area contributed by atoms with Crippen LogP contribution in [0.2, 0.25) is 0 Å². The second-order valence-corrected chi connectivity index (χ2v) is 6.74. The van der Waals surface area contributed by atoms with Crippen molar-refractivity contribution in [3.8, 4) is 11.3 Å². The van der Waals surface area contributed by atoms with Gasteiger partial charge in [-0.05, 0) is 31.0 Å². The third kappa shape index (κ3) is 4.38. The van der Waals surface area contributed by atoms with Gasteiger partial charge in [-0.1, -0.05) is 18.2 Å². The average molecular weight is 362 g/mol. The number of hydrogen-bond acceptors (Lipinski definition) is 5. The molecule has 0 radical (unpaired) electrons. The third-order valence-corrected chi connectivity index (χ3v) is 4.66. The van der Waals surface area contributed by atoms with E-state index in [4.69, 9.17) is 0 Å². The lowest BCUT2D eigenvalue weighted by Crippen LogP contribution is -2.45. The summed E-state index contributed by atoms with van der Waals surface area (Å²) in [5.74, 6) is -0.170. The summed E-state index contributed by atoms with van der Waals surface area (Å²) < 4.78 is 2.01. The number of nitrogens with one attached hydrogen (secondary N) is 2. The molecule has 7 heteroatoms. The van der Waals surface area contributed by atoms with Gasteiger partial charge in [0.15, 0.2) is 0 Å². The van der Waals surface area contributed by atoms with Crippen LogP contribution in [-0.4, -0.2) is 44.6 Å². The Balaban J connectivity index is 1.44. The molecule has 7 nitrogen and oxygen atoms in total. The fraction of sp³-hybridized carbons (Fsp3) is 0.300. The van der Waals surface area contributed by atoms with E-state index in [0.717, 1.165) is 49.3 Å². The van der Waals surface area contributed by atoms with Gasteiger partial charge in [-0.2, -0.15) is 0 Å². The fourth-order valence-corrected chi connectivity index (χ4v) is 3.25. The number of aromatic nitrogens is 4. The van der Waals surface area contributed by atoms with Gasteiger partial charge in [0.25, 0.3) is 5.91 Å². The van der Waals surface area contributed by atoms with Gasteiger partial charge in [-0.15, -0.1) is 0 Å². The van der Waals surface area contributed by atoms with E-state index in [-0.39, 0.29) is 11.9 Å². The van der Waals surface area contributed by atoms with Crippen LogP contribution in [0.4, 0.5) is 0 Å². The molecule has 1 amide bonds. The van der Waals surface area contributed by atoms with Gasteiger partial charge in [0.1, 0.15) is 5.69 Å². The Hall–Kier alpha value is -3.06. The van der Waals surface area contributed by atoms with E-state index in [2.05, 4.69) is 37.7 Å². The molecule has 1 unspecified atom stereocenters. The molecule has 3 aromatic rings. The Morgan fingerprint density at radius 1 is 1.30 bits per heavy atom. The predicted molar refractivity (Wildman–Crippen MR) is 102 cm³/mol. The lowest BCUT2D eigenvalue weighted by molar-refractivity contribution is 0.0925. The first-order chi connectivity index (χ1) is 13.3. The van der Waals surface area contributed by atoms with Gasteiger partial charge >= 0.3 is 0 Å². The minimum absolute atomic E-state index is 0.160. The maximum atomic E-state index is 12.3. The van der Waals surface area contributed by atoms with Crippen molar-refractivity contribution in [2.45, 2.75) is 25.4 Å². The van der Waals surface area contributed by atoms with Crippen LogP contribution < -0.4 is 10.6 Å². The Kier molecular flexibility index (Phi) is 5.20. The van der Waals surface area contributed by atoms with Crippen LogP contribution in [0.5, 0.6) is 0 Å². The molecule has 1 aliphatic rings. The molecule has 0 spiro atoms. The number of carbonyl (C=O) groups excluding carboxylic acids is 1. The molecule has 2 aromatic heterocycles. The lowest BCUT2D eigenvalue weighted by atomic mass is 10.1. The number of benzene rings is 1. The molecule has 27 heavy (non-hydrogen) atoms. The summed E-state index contributed by atoms with van der Waals surface area (Å²) >= 11 is 0. The largest absolute Gasteiger partial charge is 0.347 e. The highest BCUT2D eigenvalue weighted by Gasteiger charge is 2.17. The summed E-state index contributed by atoms with van der Waals surface area (Å²) in [6.45, 7) is 2.57. The molecule has 0 saturated carbocycles. The molecule has 1 aromatic carbocycles. The van der Waals surface area contributed by atoms with E-state index in [1.54, 1.807) is 24.9 Å². The zero-order valence-corrected chi connectivity index (χ0v) is 15.0. The lowest BCUT2D eigenvalue weighted by Gasteiger charge is -2.23. The number of amides is 1. The van der Waals surface area contributed by atoms with Crippen LogP contribution in [0.3, 0.4) is 0 Å². The Morgan fingerprint density at radius 2 is 2.26 bits per heavy atom. The van der Waals surface area contributed by atoms with Crippen LogP contribution in [-0.2, 0) is 6.54 Å². The molecular weight excluding hydrogens is 340 g/mol. The van der Waals surface area contributed by atoms with Crippen molar-refractivity contribution in [1.29, 1.82) is 0 Å². The Bertz CT molecular complexity index is 885. The van der Waals surface area contributed by atoms with Gasteiger partial charge in [-0.25, -0.2) is 9.97 Å². The highest BCUT2D eigenvalue weighted by atomic mass is 16.1. The first-order valence-corrected chi connectivity index (χ1v) is 9.16. The van der Waals surface area contributed by atoms with Crippen molar-refractivity contribution < 1.29 is 4.79 Å². The monoisotopic (exact) mass is 362 g/mol. The minimum atomic E-state index is -0.170. The zero-order chi connectivity index (χ0) is 18.5. The third-order valence-electron chi connectivity index (χ3n) is 4.66. The second kappa shape index (κ2) is 8.09. The molecule has 1 fully saturated rings. The van der Waals surface area contributed by atoms with E-state index in [1.165, 1.54) is 0 Å². The molecule has 138 valence electrons. The van der Waals surface area contributed by atoms with E-state index in [1.807, 2.05) is 22.9 Å². The maximum absolute atomic E-state index is 12.3. The smallest absolute Gasteiger partial charge is 0.271 e. The fourth-order valence-electron chi connectivity index (χ4n) is 3.25. The van der Waals surface area contributed by atoms with E-state index in [9.17, 15) is 4.79 Å². The van der Waals surface area contributed by atoms with E-state index < -0.39 is 0 Å². The topological polar surface area (TPSA) is 84.7 Å². The Morgan fingerprint density at radius 3 is 3.00 bits per heavy atom. The molecule has 2 N–H and O–H groups in total. The summed E-state index contributed by atoms with van der Waals surface area (Å²) in [7, 11) is 0. The van der Waals surface area contributed by atoms with Gasteiger partial charge in [-0.3, -0.25) is 9.78 Å². The van der Waals surface area contributed by atoms with Gasteiger partial charge < -0.3 is 15.2 Å². The number of rotatable bonds is 5. The van der Waals surface area contributed by atoms with Crippen LogP contribution in [0.1, 0.15) is 28.9 Å². The maximum Gasteiger partial charge on any atom is 0.271 e. The highest BCUT2D eigenvalue weighted by Crippen LogP contribution is 2.18. The van der Waals surface area contributed by atoms with Crippen molar-refractivity contribution in [2.24, 2.45) is 0 Å². The molecule has 3 heterocycles. The summed E-state index contributed by atoms with van der Waals surface area (Å²) in [5, 5.41) is 6.30. The van der Waals surface area contributed by atoms with Crippen molar-refractivity contribution >= 4 is 5.91 Å². The van der Waals surface area contributed by atoms with Crippen LogP contribution in [0.25, 0.3) is 11.3 Å². The molecule has 0 bridgehead atoms. The predicted octanol–water partition coefficient (Wildman–Crippen LogP) is 1.87. The summed E-state index contributed by atoms with van der Waals surface area (Å²) in [5.41, 5.74) is 3.22. The van der Waals surface area contributed by atoms with Crippen LogP contribution in [0.15, 0.2) is 55.4 Å². The summed E-state index contributed by atoms with van der Waals surface area (Å²) in [4.78, 5) is 25.2. The molecular formula is C20H22N6O. The molecule has 1 saturated heterocycles. The summed E-state index contributed by atoms with van der Waals surface area (Å²) in [6.07, 6.45) is 10.8. The molecule has 4 rings (SSSR count). The Labute approximate surface area is 157 Å². The summed E-state index contributed by atoms with van der Waals surface area (Å²) in [6, 6.07) is 8.30. The minimum Gasteiger partial charge on any atom is -0.347 e. The van der Waals surface area contributed by atoms with Crippen molar-refractivity contribution in [3.63, 3.8) is 0 Å². The number of piperidine rings is 1. The first-order valence-electron chi connectivity index (χ1n) is 9.16. The van der Waals surface area contributed by atoms with Gasteiger partial charge in [0.05, 0.1) is 24.4 Å². The highest BCUT2D eigenvalue weighted by molar-refractivity contribution is 5.92. The van der Waals surface area contributed by atoms with Crippen LogP contribution in [0, 0.1) is 0 Å². The van der Waals surface area contributed by atoms with Crippen molar-refractivity contribution in [1.82, 2.24) is 30.2 Å². The number of nitrogens with zero attached hydrogens (tertiary/aromatic N) is 4. The van der Waals surface area contributed by atoms with Crippen molar-refractivity contribution in [3.05, 3.63) is 66.6 Å². The standard InChI is InChI=1S/C20H22N6O/c27-20(25-17-5-2-6-21-10-17)19-12-23-18(11-24-19)16-4-1-3-15(9-16)13-26-8-7-22-14-26/h1,3-4,7-9,11-12,14,17,21H,2,5-6,10,13H2,(H,25,27). The quantitative estimate of drug-likeness (QED) is 0.724. The SMILES string of the molecule is O=C(NC1CCCNC1)c1cnc(-c2cccc(Cn3ccnc3)c2)cn1.